The number of likely N-dealkylation sites (tertiary alicyclic amines) is 1. The number of ketones is 1. The molecule has 0 spiro atoms. The van der Waals surface area contributed by atoms with Crippen LogP contribution in [0.25, 0.3) is 21.3 Å². The molecule has 250 valence electrons. The van der Waals surface area contributed by atoms with Crippen molar-refractivity contribution in [3.8, 4) is 11.1 Å². The van der Waals surface area contributed by atoms with Gasteiger partial charge < -0.3 is 9.69 Å². The number of para-hydroxylation sites is 1. The molecule has 49 heavy (non-hydrogen) atoms. The van der Waals surface area contributed by atoms with Crippen molar-refractivity contribution in [1.82, 2.24) is 14.9 Å². The molecule has 0 atom stereocenters. The van der Waals surface area contributed by atoms with Crippen LogP contribution < -0.4 is 10.2 Å². The molecular weight excluding hydrogens is 631 g/mol. The number of amides is 1. The molecule has 1 amide bonds. The van der Waals surface area contributed by atoms with Crippen molar-refractivity contribution < 1.29 is 14.4 Å². The van der Waals surface area contributed by atoms with Gasteiger partial charge in [-0.2, -0.15) is 0 Å². The van der Waals surface area contributed by atoms with Gasteiger partial charge in [-0.05, 0) is 116 Å². The number of benzene rings is 3. The average molecular weight is 672 g/mol. The van der Waals surface area contributed by atoms with Crippen LogP contribution in [0, 0.1) is 12.8 Å². The van der Waals surface area contributed by atoms with Gasteiger partial charge in [0.25, 0.3) is 5.91 Å². The molecule has 7 rings (SSSR count). The maximum atomic E-state index is 13.5. The molecule has 0 saturated carbocycles. The summed E-state index contributed by atoms with van der Waals surface area (Å²) in [5.74, 6) is 1.14. The first-order valence-electron chi connectivity index (χ1n) is 17.2. The van der Waals surface area contributed by atoms with Gasteiger partial charge in [-0.3, -0.25) is 19.8 Å². The number of carbonyl (C=O) groups excluding carboxylic acids is 3. The zero-order valence-electron chi connectivity index (χ0n) is 28.1. The fourth-order valence-electron chi connectivity index (χ4n) is 7.36. The molecular formula is C40H41N5O3S. The number of aryl methyl sites for hydroxylation is 1. The highest BCUT2D eigenvalue weighted by Gasteiger charge is 2.25. The molecule has 1 saturated heterocycles. The SMILES string of the molecule is CC(=O)c1nc(N2CCc3cccc(C(=O)Nc4nc5ccccc5s4)c3C2)ccc1-c1cccc(CCC2CCN(CC=O)CC2)c1C. The van der Waals surface area contributed by atoms with Crippen LogP contribution in [0.1, 0.15) is 69.3 Å². The first kappa shape index (κ1) is 32.8. The predicted molar refractivity (Wildman–Crippen MR) is 197 cm³/mol. The minimum Gasteiger partial charge on any atom is -0.352 e. The summed E-state index contributed by atoms with van der Waals surface area (Å²) in [6.07, 6.45) is 6.13. The molecule has 1 fully saturated rings. The van der Waals surface area contributed by atoms with Gasteiger partial charge in [-0.15, -0.1) is 0 Å². The number of hydrogen-bond donors (Lipinski definition) is 1. The molecule has 0 unspecified atom stereocenters. The summed E-state index contributed by atoms with van der Waals surface area (Å²) in [6.45, 7) is 7.51. The molecule has 0 bridgehead atoms. The Labute approximate surface area is 291 Å². The molecule has 8 nitrogen and oxygen atoms in total. The lowest BCUT2D eigenvalue weighted by atomic mass is 9.87. The Morgan fingerprint density at radius 1 is 0.939 bits per heavy atom. The number of aromatic nitrogens is 2. The Morgan fingerprint density at radius 3 is 2.55 bits per heavy atom. The summed E-state index contributed by atoms with van der Waals surface area (Å²) in [6, 6.07) is 24.2. The van der Waals surface area contributed by atoms with E-state index in [9.17, 15) is 14.4 Å². The van der Waals surface area contributed by atoms with Crippen molar-refractivity contribution in [2.24, 2.45) is 5.92 Å². The minimum absolute atomic E-state index is 0.0722. The number of anilines is 2. The Bertz CT molecular complexity index is 2000. The van der Waals surface area contributed by atoms with E-state index in [0.29, 0.717) is 35.4 Å². The molecule has 2 aliphatic heterocycles. The van der Waals surface area contributed by atoms with Crippen molar-refractivity contribution in [3.05, 3.63) is 106 Å². The number of carbonyl (C=O) groups is 3. The first-order valence-corrected chi connectivity index (χ1v) is 18.0. The van der Waals surface area contributed by atoms with Crippen LogP contribution in [0.2, 0.25) is 0 Å². The quantitative estimate of drug-likeness (QED) is 0.121. The largest absolute Gasteiger partial charge is 0.352 e. The molecule has 2 aromatic heterocycles. The van der Waals surface area contributed by atoms with Gasteiger partial charge in [0.05, 0.1) is 16.8 Å². The summed E-state index contributed by atoms with van der Waals surface area (Å²) in [4.78, 5) is 51.5. The lowest BCUT2D eigenvalue weighted by molar-refractivity contribution is -0.109. The molecule has 0 aliphatic carbocycles. The maximum absolute atomic E-state index is 13.5. The third-order valence-electron chi connectivity index (χ3n) is 10.2. The van der Waals surface area contributed by atoms with Crippen LogP contribution in [-0.4, -0.2) is 59.0 Å². The highest BCUT2D eigenvalue weighted by atomic mass is 32.1. The number of pyridine rings is 1. The van der Waals surface area contributed by atoms with Gasteiger partial charge >= 0.3 is 0 Å². The van der Waals surface area contributed by atoms with Crippen LogP contribution in [0.5, 0.6) is 0 Å². The van der Waals surface area contributed by atoms with Gasteiger partial charge in [0.15, 0.2) is 10.9 Å². The maximum Gasteiger partial charge on any atom is 0.257 e. The molecule has 5 aromatic rings. The summed E-state index contributed by atoms with van der Waals surface area (Å²) in [7, 11) is 0. The summed E-state index contributed by atoms with van der Waals surface area (Å²) in [5, 5.41) is 3.60. The standard InChI is InChI=1S/C40H41N5O3S/c1-26-29(14-13-28-17-20-44(21-18-28)23-24-46)7-5-9-31(26)32-15-16-37(42-38(32)27(2)47)45-22-19-30-8-6-10-33(34(30)25-45)39(48)43-40-41-35-11-3-4-12-36(35)49-40/h3-12,15-16,24,28H,13-14,17-23,25H2,1-2H3,(H,41,43,48). The molecule has 3 aromatic carbocycles. The van der Waals surface area contributed by atoms with Gasteiger partial charge in [-0.25, -0.2) is 9.97 Å². The number of nitrogens with one attached hydrogen (secondary N) is 1. The predicted octanol–water partition coefficient (Wildman–Crippen LogP) is 7.53. The number of rotatable bonds is 10. The minimum atomic E-state index is -0.177. The van der Waals surface area contributed by atoms with E-state index in [2.05, 4.69) is 51.3 Å². The monoisotopic (exact) mass is 671 g/mol. The second-order valence-electron chi connectivity index (χ2n) is 13.2. The number of aldehydes is 1. The van der Waals surface area contributed by atoms with E-state index in [1.807, 2.05) is 48.5 Å². The van der Waals surface area contributed by atoms with Crippen molar-refractivity contribution in [1.29, 1.82) is 0 Å². The second kappa shape index (κ2) is 14.4. The fourth-order valence-corrected chi connectivity index (χ4v) is 8.22. The van der Waals surface area contributed by atoms with Gasteiger partial charge in [0.2, 0.25) is 0 Å². The topological polar surface area (TPSA) is 95.5 Å². The molecule has 0 radical (unpaired) electrons. The van der Waals surface area contributed by atoms with Crippen molar-refractivity contribution in [2.45, 2.75) is 52.5 Å². The summed E-state index contributed by atoms with van der Waals surface area (Å²) in [5.41, 5.74) is 8.47. The highest BCUT2D eigenvalue weighted by molar-refractivity contribution is 7.22. The summed E-state index contributed by atoms with van der Waals surface area (Å²) >= 11 is 1.46. The van der Waals surface area contributed by atoms with Crippen LogP contribution in [-0.2, 0) is 24.2 Å². The number of thiazole rings is 1. The Balaban J connectivity index is 1.09. The third-order valence-corrected chi connectivity index (χ3v) is 11.1. The van der Waals surface area contributed by atoms with Crippen LogP contribution >= 0.6 is 11.3 Å². The number of fused-ring (bicyclic) bond motifs is 2. The first-order chi connectivity index (χ1) is 23.9. The zero-order valence-corrected chi connectivity index (χ0v) is 28.9. The number of Topliss-reactive ketones (excluding diaryl/α,β-unsaturated/α-hetero) is 1. The Hall–Kier alpha value is -4.73. The van der Waals surface area contributed by atoms with Crippen molar-refractivity contribution >= 4 is 50.5 Å². The van der Waals surface area contributed by atoms with Crippen LogP contribution in [0.15, 0.2) is 72.8 Å². The molecule has 9 heteroatoms. The molecule has 2 aliphatic rings. The van der Waals surface area contributed by atoms with E-state index in [0.717, 1.165) is 96.3 Å². The summed E-state index contributed by atoms with van der Waals surface area (Å²) < 4.78 is 1.03. The second-order valence-corrected chi connectivity index (χ2v) is 14.2. The van der Waals surface area contributed by atoms with E-state index < -0.39 is 0 Å². The molecule has 1 N–H and O–H groups in total. The van der Waals surface area contributed by atoms with Crippen LogP contribution in [0.4, 0.5) is 10.9 Å². The van der Waals surface area contributed by atoms with Gasteiger partial charge in [0.1, 0.15) is 17.8 Å². The normalized spacial score (nSPS) is 15.3. The number of piperidine rings is 1. The molecule has 4 heterocycles. The third kappa shape index (κ3) is 7.05. The fraction of sp³-hybridized carbons (Fsp3) is 0.325. The lowest BCUT2D eigenvalue weighted by Crippen LogP contribution is -2.35. The van der Waals surface area contributed by atoms with E-state index in [1.165, 1.54) is 22.5 Å². The Kier molecular flexibility index (Phi) is 9.64. The van der Waals surface area contributed by atoms with Crippen LogP contribution in [0.3, 0.4) is 0 Å². The average Bonchev–Trinajstić information content (AvgIpc) is 3.53. The van der Waals surface area contributed by atoms with Crippen molar-refractivity contribution in [2.75, 3.05) is 36.4 Å². The highest BCUT2D eigenvalue weighted by Crippen LogP contribution is 2.34. The van der Waals surface area contributed by atoms with E-state index in [-0.39, 0.29) is 11.7 Å². The van der Waals surface area contributed by atoms with E-state index in [4.69, 9.17) is 4.98 Å². The zero-order chi connectivity index (χ0) is 33.9. The van der Waals surface area contributed by atoms with Gasteiger partial charge in [-0.1, -0.05) is 53.8 Å². The van der Waals surface area contributed by atoms with E-state index >= 15 is 0 Å². The van der Waals surface area contributed by atoms with E-state index in [1.54, 1.807) is 6.92 Å². The van der Waals surface area contributed by atoms with Gasteiger partial charge in [0, 0.05) is 31.1 Å². The Morgan fingerprint density at radius 2 is 1.76 bits per heavy atom. The smallest absolute Gasteiger partial charge is 0.257 e. The lowest BCUT2D eigenvalue weighted by Gasteiger charge is -2.31. The van der Waals surface area contributed by atoms with Crippen molar-refractivity contribution in [3.63, 3.8) is 0 Å². The number of nitrogens with zero attached hydrogens (tertiary/aromatic N) is 4. The number of hydrogen-bond acceptors (Lipinski definition) is 8.